The molecule has 0 radical (unpaired) electrons. The largest absolute Gasteiger partial charge is 0.495 e. The Hall–Kier alpha value is -2.18. The first-order chi connectivity index (χ1) is 13.5. The Bertz CT molecular complexity index is 854. The molecule has 0 aliphatic heterocycles. The summed E-state index contributed by atoms with van der Waals surface area (Å²) in [5.41, 5.74) is 1.71. The number of rotatable bonds is 6. The topological polar surface area (TPSA) is 51.8 Å². The van der Waals surface area contributed by atoms with Crippen LogP contribution in [0, 0.1) is 0 Å². The second-order valence-electron chi connectivity index (χ2n) is 6.79. The molecular formula is C21H25ClN2O3S. The van der Waals surface area contributed by atoms with Gasteiger partial charge in [0, 0.05) is 5.69 Å². The van der Waals surface area contributed by atoms with Crippen LogP contribution in [0.3, 0.4) is 0 Å². The van der Waals surface area contributed by atoms with Crippen LogP contribution in [0.15, 0.2) is 36.4 Å². The van der Waals surface area contributed by atoms with E-state index in [9.17, 15) is 0 Å². The van der Waals surface area contributed by atoms with E-state index in [0.29, 0.717) is 27.4 Å². The van der Waals surface area contributed by atoms with Gasteiger partial charge in [0.2, 0.25) is 0 Å². The third-order valence-corrected chi connectivity index (χ3v) is 5.66. The standard InChI is InChI=1S/C21H25ClN2O3S/c1-25-17-9-7-15(13-16(17)22)23-20(28)24-21(10-4-5-11-21)14-6-8-18(26-2)19(12-14)27-3/h6-9,12-13H,4-5,10-11H2,1-3H3,(H2,23,24,28). The maximum Gasteiger partial charge on any atom is 0.171 e. The Labute approximate surface area is 176 Å². The van der Waals surface area contributed by atoms with Crippen LogP contribution >= 0.6 is 23.8 Å². The average molecular weight is 421 g/mol. The van der Waals surface area contributed by atoms with E-state index in [1.807, 2.05) is 24.3 Å². The van der Waals surface area contributed by atoms with E-state index in [1.165, 1.54) is 0 Å². The van der Waals surface area contributed by atoms with E-state index >= 15 is 0 Å². The fourth-order valence-electron chi connectivity index (χ4n) is 3.72. The smallest absolute Gasteiger partial charge is 0.171 e. The van der Waals surface area contributed by atoms with Gasteiger partial charge in [0.25, 0.3) is 0 Å². The zero-order valence-corrected chi connectivity index (χ0v) is 17.9. The molecule has 0 spiro atoms. The second kappa shape index (κ2) is 8.88. The minimum atomic E-state index is -0.236. The number of halogens is 1. The first kappa shape index (κ1) is 20.6. The SMILES string of the molecule is COc1ccc(NC(=S)NC2(c3ccc(OC)c(OC)c3)CCCC2)cc1Cl. The number of nitrogens with one attached hydrogen (secondary N) is 2. The summed E-state index contributed by atoms with van der Waals surface area (Å²) in [7, 11) is 4.88. The predicted octanol–water partition coefficient (Wildman–Crippen LogP) is 5.12. The van der Waals surface area contributed by atoms with Crippen molar-refractivity contribution in [1.29, 1.82) is 0 Å². The zero-order valence-electron chi connectivity index (χ0n) is 16.3. The van der Waals surface area contributed by atoms with Crippen LogP contribution in [-0.2, 0) is 5.54 Å². The van der Waals surface area contributed by atoms with E-state index in [0.717, 1.165) is 36.9 Å². The van der Waals surface area contributed by atoms with Crippen molar-refractivity contribution < 1.29 is 14.2 Å². The summed E-state index contributed by atoms with van der Waals surface area (Å²) in [5.74, 6) is 2.06. The molecule has 2 aromatic rings. The molecule has 5 nitrogen and oxygen atoms in total. The van der Waals surface area contributed by atoms with Crippen molar-refractivity contribution in [2.24, 2.45) is 0 Å². The van der Waals surface area contributed by atoms with Crippen LogP contribution in [0.5, 0.6) is 17.2 Å². The summed E-state index contributed by atoms with van der Waals surface area (Å²) in [6.45, 7) is 0. The quantitative estimate of drug-likeness (QED) is 0.632. The molecule has 0 bridgehead atoms. The molecule has 1 fully saturated rings. The summed E-state index contributed by atoms with van der Waals surface area (Å²) in [6.07, 6.45) is 4.26. The van der Waals surface area contributed by atoms with E-state index in [-0.39, 0.29) is 5.54 Å². The molecule has 150 valence electrons. The number of anilines is 1. The molecule has 1 saturated carbocycles. The molecular weight excluding hydrogens is 396 g/mol. The van der Waals surface area contributed by atoms with Gasteiger partial charge >= 0.3 is 0 Å². The van der Waals surface area contributed by atoms with Gasteiger partial charge in [0.1, 0.15) is 5.75 Å². The Morgan fingerprint density at radius 2 is 1.57 bits per heavy atom. The lowest BCUT2D eigenvalue weighted by atomic mass is 9.88. The van der Waals surface area contributed by atoms with Gasteiger partial charge in [0.15, 0.2) is 16.6 Å². The van der Waals surface area contributed by atoms with Gasteiger partial charge in [-0.15, -0.1) is 0 Å². The Kier molecular flexibility index (Phi) is 6.52. The van der Waals surface area contributed by atoms with Crippen molar-refractivity contribution in [2.45, 2.75) is 31.2 Å². The average Bonchev–Trinajstić information content (AvgIpc) is 3.17. The number of benzene rings is 2. The molecule has 0 heterocycles. The van der Waals surface area contributed by atoms with Crippen LogP contribution in [0.4, 0.5) is 5.69 Å². The van der Waals surface area contributed by atoms with Crippen molar-refractivity contribution >= 4 is 34.6 Å². The maximum atomic E-state index is 6.21. The molecule has 0 amide bonds. The van der Waals surface area contributed by atoms with Crippen molar-refractivity contribution in [3.63, 3.8) is 0 Å². The third kappa shape index (κ3) is 4.28. The molecule has 0 aromatic heterocycles. The summed E-state index contributed by atoms with van der Waals surface area (Å²) in [4.78, 5) is 0. The van der Waals surface area contributed by atoms with Gasteiger partial charge in [-0.3, -0.25) is 0 Å². The molecule has 28 heavy (non-hydrogen) atoms. The van der Waals surface area contributed by atoms with Crippen molar-refractivity contribution in [2.75, 3.05) is 26.6 Å². The summed E-state index contributed by atoms with van der Waals surface area (Å²) < 4.78 is 16.1. The molecule has 0 atom stereocenters. The molecule has 2 aromatic carbocycles. The first-order valence-electron chi connectivity index (χ1n) is 9.16. The van der Waals surface area contributed by atoms with Crippen LogP contribution in [0.2, 0.25) is 5.02 Å². The molecule has 1 aliphatic carbocycles. The highest BCUT2D eigenvalue weighted by molar-refractivity contribution is 7.80. The minimum Gasteiger partial charge on any atom is -0.495 e. The van der Waals surface area contributed by atoms with Crippen LogP contribution in [0.1, 0.15) is 31.2 Å². The molecule has 1 aliphatic rings. The number of ether oxygens (including phenoxy) is 3. The van der Waals surface area contributed by atoms with Gasteiger partial charge in [0.05, 0.1) is 31.9 Å². The highest BCUT2D eigenvalue weighted by Crippen LogP contribution is 2.42. The second-order valence-corrected chi connectivity index (χ2v) is 7.60. The van der Waals surface area contributed by atoms with Gasteiger partial charge < -0.3 is 24.8 Å². The fourth-order valence-corrected chi connectivity index (χ4v) is 4.29. The molecule has 7 heteroatoms. The highest BCUT2D eigenvalue weighted by atomic mass is 35.5. The number of hydrogen-bond donors (Lipinski definition) is 2. The van der Waals surface area contributed by atoms with Gasteiger partial charge in [-0.05, 0) is 61.0 Å². The summed E-state index contributed by atoms with van der Waals surface area (Å²) >= 11 is 11.8. The minimum absolute atomic E-state index is 0.236. The van der Waals surface area contributed by atoms with Gasteiger partial charge in [-0.25, -0.2) is 0 Å². The van der Waals surface area contributed by atoms with Crippen LogP contribution in [-0.4, -0.2) is 26.4 Å². The van der Waals surface area contributed by atoms with Crippen LogP contribution < -0.4 is 24.8 Å². The van der Waals surface area contributed by atoms with E-state index in [1.54, 1.807) is 27.4 Å². The van der Waals surface area contributed by atoms with E-state index in [2.05, 4.69) is 16.7 Å². The lowest BCUT2D eigenvalue weighted by molar-refractivity contribution is 0.350. The van der Waals surface area contributed by atoms with Crippen molar-refractivity contribution in [3.05, 3.63) is 47.0 Å². The predicted molar refractivity (Wildman–Crippen MR) is 117 cm³/mol. The fraction of sp³-hybridized carbons (Fsp3) is 0.381. The van der Waals surface area contributed by atoms with E-state index in [4.69, 9.17) is 38.0 Å². The van der Waals surface area contributed by atoms with Crippen molar-refractivity contribution in [1.82, 2.24) is 5.32 Å². The molecule has 3 rings (SSSR count). The molecule has 2 N–H and O–H groups in total. The zero-order chi connectivity index (χ0) is 20.1. The van der Waals surface area contributed by atoms with Crippen molar-refractivity contribution in [3.8, 4) is 17.2 Å². The lowest BCUT2D eigenvalue weighted by Crippen LogP contribution is -2.45. The monoisotopic (exact) mass is 420 g/mol. The highest BCUT2D eigenvalue weighted by Gasteiger charge is 2.37. The Balaban J connectivity index is 1.81. The Morgan fingerprint density at radius 1 is 0.929 bits per heavy atom. The number of thiocarbonyl (C=S) groups is 1. The van der Waals surface area contributed by atoms with Gasteiger partial charge in [-0.1, -0.05) is 30.5 Å². The number of methoxy groups -OCH3 is 3. The maximum absolute atomic E-state index is 6.21. The number of hydrogen-bond acceptors (Lipinski definition) is 4. The van der Waals surface area contributed by atoms with Crippen LogP contribution in [0.25, 0.3) is 0 Å². The third-order valence-electron chi connectivity index (χ3n) is 5.16. The molecule has 0 saturated heterocycles. The normalized spacial score (nSPS) is 15.0. The van der Waals surface area contributed by atoms with E-state index < -0.39 is 0 Å². The first-order valence-corrected chi connectivity index (χ1v) is 9.95. The Morgan fingerprint density at radius 3 is 2.18 bits per heavy atom. The summed E-state index contributed by atoms with van der Waals surface area (Å²) in [6, 6.07) is 11.5. The van der Waals surface area contributed by atoms with Gasteiger partial charge in [-0.2, -0.15) is 0 Å². The summed E-state index contributed by atoms with van der Waals surface area (Å²) in [5, 5.41) is 7.86. The molecule has 0 unspecified atom stereocenters. The lowest BCUT2D eigenvalue weighted by Gasteiger charge is -2.33.